The van der Waals surface area contributed by atoms with Gasteiger partial charge < -0.3 is 15.0 Å². The van der Waals surface area contributed by atoms with Crippen molar-refractivity contribution in [3.05, 3.63) is 0 Å². The second kappa shape index (κ2) is 7.10. The summed E-state index contributed by atoms with van der Waals surface area (Å²) in [6.45, 7) is 9.83. The number of likely N-dealkylation sites (tertiary alicyclic amines) is 1. The number of hydrogen-bond acceptors (Lipinski definition) is 3. The lowest BCUT2D eigenvalue weighted by atomic mass is 9.89. The predicted octanol–water partition coefficient (Wildman–Crippen LogP) is 1.65. The molecule has 1 N–H and O–H groups in total. The van der Waals surface area contributed by atoms with Crippen molar-refractivity contribution in [2.75, 3.05) is 33.4 Å². The molecule has 1 unspecified atom stereocenters. The molecule has 18 heavy (non-hydrogen) atoms. The first kappa shape index (κ1) is 15.4. The van der Waals surface area contributed by atoms with Gasteiger partial charge in [-0.2, -0.15) is 0 Å². The van der Waals surface area contributed by atoms with Crippen molar-refractivity contribution in [3.8, 4) is 0 Å². The van der Waals surface area contributed by atoms with Crippen LogP contribution in [0.2, 0.25) is 0 Å². The highest BCUT2D eigenvalue weighted by molar-refractivity contribution is 5.81. The van der Waals surface area contributed by atoms with Gasteiger partial charge in [-0.15, -0.1) is 0 Å². The molecule has 1 rings (SSSR count). The van der Waals surface area contributed by atoms with Crippen LogP contribution in [0, 0.1) is 5.41 Å². The molecule has 1 fully saturated rings. The second-order valence-electron chi connectivity index (χ2n) is 6.04. The van der Waals surface area contributed by atoms with Gasteiger partial charge in [0.05, 0.1) is 6.04 Å². The van der Waals surface area contributed by atoms with E-state index in [0.717, 1.165) is 45.5 Å². The highest BCUT2D eigenvalue weighted by Gasteiger charge is 2.25. The van der Waals surface area contributed by atoms with Crippen LogP contribution in [0.15, 0.2) is 0 Å². The lowest BCUT2D eigenvalue weighted by Gasteiger charge is -2.28. The molecule has 1 aliphatic heterocycles. The van der Waals surface area contributed by atoms with E-state index < -0.39 is 0 Å². The molecule has 1 amide bonds. The summed E-state index contributed by atoms with van der Waals surface area (Å²) in [6, 6.07) is -0.0788. The molecule has 1 aliphatic rings. The summed E-state index contributed by atoms with van der Waals surface area (Å²) in [6.07, 6.45) is 3.30. The molecule has 106 valence electrons. The zero-order valence-electron chi connectivity index (χ0n) is 12.3. The molecule has 0 aromatic heterocycles. The van der Waals surface area contributed by atoms with E-state index in [2.05, 4.69) is 19.2 Å². The number of hydrogen-bond donors (Lipinski definition) is 1. The number of nitrogens with one attached hydrogen (secondary N) is 1. The maximum Gasteiger partial charge on any atom is 0.239 e. The van der Waals surface area contributed by atoms with E-state index in [1.807, 2.05) is 11.8 Å². The first-order valence-corrected chi connectivity index (χ1v) is 6.97. The third-order valence-corrected chi connectivity index (χ3v) is 3.66. The van der Waals surface area contributed by atoms with Crippen LogP contribution in [0.1, 0.15) is 40.0 Å². The van der Waals surface area contributed by atoms with Gasteiger partial charge in [0.2, 0.25) is 5.91 Å². The number of carbonyl (C=O) groups is 1. The van der Waals surface area contributed by atoms with Gasteiger partial charge in [-0.25, -0.2) is 0 Å². The maximum atomic E-state index is 12.1. The van der Waals surface area contributed by atoms with Crippen LogP contribution in [-0.2, 0) is 9.53 Å². The third kappa shape index (κ3) is 4.94. The van der Waals surface area contributed by atoms with Gasteiger partial charge in [0.25, 0.3) is 0 Å². The van der Waals surface area contributed by atoms with Crippen LogP contribution in [0.25, 0.3) is 0 Å². The first-order chi connectivity index (χ1) is 8.46. The van der Waals surface area contributed by atoms with Crippen LogP contribution in [0.5, 0.6) is 0 Å². The van der Waals surface area contributed by atoms with Gasteiger partial charge in [0, 0.05) is 33.4 Å². The summed E-state index contributed by atoms with van der Waals surface area (Å²) in [7, 11) is 1.73. The molecule has 1 saturated heterocycles. The van der Waals surface area contributed by atoms with Crippen LogP contribution in [0.3, 0.4) is 0 Å². The molecule has 0 bridgehead atoms. The normalized spacial score (nSPS) is 18.1. The lowest BCUT2D eigenvalue weighted by molar-refractivity contribution is -0.132. The fourth-order valence-corrected chi connectivity index (χ4v) is 2.19. The summed E-state index contributed by atoms with van der Waals surface area (Å²) >= 11 is 0. The van der Waals surface area contributed by atoms with Crippen molar-refractivity contribution in [1.82, 2.24) is 10.2 Å². The van der Waals surface area contributed by atoms with Crippen LogP contribution in [0.4, 0.5) is 0 Å². The van der Waals surface area contributed by atoms with Crippen molar-refractivity contribution in [1.29, 1.82) is 0 Å². The van der Waals surface area contributed by atoms with E-state index in [0.29, 0.717) is 0 Å². The minimum Gasteiger partial charge on any atom is -0.385 e. The smallest absolute Gasteiger partial charge is 0.239 e. The Labute approximate surface area is 111 Å². The van der Waals surface area contributed by atoms with E-state index in [-0.39, 0.29) is 17.4 Å². The summed E-state index contributed by atoms with van der Waals surface area (Å²) in [5, 5.41) is 3.36. The quantitative estimate of drug-likeness (QED) is 0.753. The summed E-state index contributed by atoms with van der Waals surface area (Å²) in [5.74, 6) is 0.245. The summed E-state index contributed by atoms with van der Waals surface area (Å²) < 4.78 is 5.11. The zero-order chi connectivity index (χ0) is 13.6. The molecule has 0 aliphatic carbocycles. The van der Waals surface area contributed by atoms with Crippen LogP contribution >= 0.6 is 0 Å². The molecule has 1 heterocycles. The Bertz CT molecular complexity index is 261. The Morgan fingerprint density at radius 1 is 1.39 bits per heavy atom. The van der Waals surface area contributed by atoms with Gasteiger partial charge in [0.1, 0.15) is 0 Å². The van der Waals surface area contributed by atoms with E-state index in [1.165, 1.54) is 0 Å². The Hall–Kier alpha value is -0.610. The Morgan fingerprint density at radius 3 is 2.56 bits per heavy atom. The first-order valence-electron chi connectivity index (χ1n) is 6.97. The number of ether oxygens (including phenoxy) is 1. The number of carbonyl (C=O) groups excluding carboxylic acids is 1. The van der Waals surface area contributed by atoms with E-state index in [1.54, 1.807) is 7.11 Å². The van der Waals surface area contributed by atoms with Gasteiger partial charge in [-0.3, -0.25) is 4.79 Å². The SMILES string of the molecule is COCCC(C)(C)CNC(C)C(=O)N1CCCC1. The maximum absolute atomic E-state index is 12.1. The number of amides is 1. The molecule has 0 aromatic rings. The minimum atomic E-state index is -0.0788. The molecular formula is C14H28N2O2. The molecular weight excluding hydrogens is 228 g/mol. The van der Waals surface area contributed by atoms with E-state index in [4.69, 9.17) is 4.74 Å². The monoisotopic (exact) mass is 256 g/mol. The lowest BCUT2D eigenvalue weighted by Crippen LogP contribution is -2.46. The zero-order valence-corrected chi connectivity index (χ0v) is 12.3. The summed E-state index contributed by atoms with van der Waals surface area (Å²) in [5.41, 5.74) is 0.162. The van der Waals surface area contributed by atoms with Gasteiger partial charge in [-0.05, 0) is 31.6 Å². The van der Waals surface area contributed by atoms with Gasteiger partial charge in [0.15, 0.2) is 0 Å². The summed E-state index contributed by atoms with van der Waals surface area (Å²) in [4.78, 5) is 14.1. The predicted molar refractivity (Wildman–Crippen MR) is 73.6 cm³/mol. The topological polar surface area (TPSA) is 41.6 Å². The van der Waals surface area contributed by atoms with Crippen molar-refractivity contribution >= 4 is 5.91 Å². The standard InChI is InChI=1S/C14H28N2O2/c1-12(13(17)16-8-5-6-9-16)15-11-14(2,3)7-10-18-4/h12,15H,5-11H2,1-4H3. The number of nitrogens with zero attached hydrogens (tertiary/aromatic N) is 1. The largest absolute Gasteiger partial charge is 0.385 e. The molecule has 0 spiro atoms. The Morgan fingerprint density at radius 2 is 2.00 bits per heavy atom. The van der Waals surface area contributed by atoms with E-state index in [9.17, 15) is 4.79 Å². The highest BCUT2D eigenvalue weighted by atomic mass is 16.5. The average molecular weight is 256 g/mol. The second-order valence-corrected chi connectivity index (χ2v) is 6.04. The highest BCUT2D eigenvalue weighted by Crippen LogP contribution is 2.19. The number of rotatable bonds is 7. The average Bonchev–Trinajstić information content (AvgIpc) is 2.86. The van der Waals surface area contributed by atoms with Crippen LogP contribution in [-0.4, -0.2) is 50.2 Å². The molecule has 4 nitrogen and oxygen atoms in total. The molecule has 0 radical (unpaired) electrons. The minimum absolute atomic E-state index is 0.0788. The van der Waals surface area contributed by atoms with Crippen molar-refractivity contribution in [2.24, 2.45) is 5.41 Å². The molecule has 4 heteroatoms. The van der Waals surface area contributed by atoms with Crippen molar-refractivity contribution in [3.63, 3.8) is 0 Å². The van der Waals surface area contributed by atoms with Crippen molar-refractivity contribution in [2.45, 2.75) is 46.1 Å². The van der Waals surface area contributed by atoms with Gasteiger partial charge >= 0.3 is 0 Å². The fourth-order valence-electron chi connectivity index (χ4n) is 2.19. The Balaban J connectivity index is 2.30. The molecule has 1 atom stereocenters. The molecule has 0 aromatic carbocycles. The van der Waals surface area contributed by atoms with E-state index >= 15 is 0 Å². The Kier molecular flexibility index (Phi) is 6.09. The van der Waals surface area contributed by atoms with Crippen LogP contribution < -0.4 is 5.32 Å². The van der Waals surface area contributed by atoms with Crippen molar-refractivity contribution < 1.29 is 9.53 Å². The third-order valence-electron chi connectivity index (χ3n) is 3.66. The number of methoxy groups -OCH3 is 1. The molecule has 0 saturated carbocycles. The fraction of sp³-hybridized carbons (Fsp3) is 0.929. The van der Waals surface area contributed by atoms with Gasteiger partial charge in [-0.1, -0.05) is 13.8 Å².